The Labute approximate surface area is 149 Å². The first-order valence-corrected chi connectivity index (χ1v) is 7.81. The van der Waals surface area contributed by atoms with Crippen LogP contribution in [-0.2, 0) is 0 Å². The van der Waals surface area contributed by atoms with Crippen LogP contribution in [-0.4, -0.2) is 10.8 Å². The Morgan fingerprint density at radius 3 is 2.27 bits per heavy atom. The van der Waals surface area contributed by atoms with E-state index < -0.39 is 10.8 Å². The van der Waals surface area contributed by atoms with Crippen LogP contribution in [0.4, 0.5) is 28.4 Å². The first kappa shape index (κ1) is 17.0. The molecule has 7 nitrogen and oxygen atoms in total. The van der Waals surface area contributed by atoms with Crippen molar-refractivity contribution in [3.05, 3.63) is 88.5 Å². The topological polar surface area (TPSA) is 110 Å². The number of nitro groups is 1. The van der Waals surface area contributed by atoms with Gasteiger partial charge in [0.05, 0.1) is 16.3 Å². The molecule has 0 heterocycles. The van der Waals surface area contributed by atoms with Crippen LogP contribution in [0.5, 0.6) is 0 Å². The van der Waals surface area contributed by atoms with Crippen molar-refractivity contribution >= 4 is 34.3 Å². The molecule has 0 bridgehead atoms. The molecular weight excluding hydrogens is 332 g/mol. The van der Waals surface area contributed by atoms with Crippen LogP contribution in [0.1, 0.15) is 10.4 Å². The Hall–Kier alpha value is -3.87. The minimum absolute atomic E-state index is 0.0118. The molecule has 1 amide bonds. The standard InChI is InChI=1S/C19H16N4O3/c20-15-11-10-13(12-18(15)23(25)26)19(24)22-17-9-5-4-8-16(17)21-14-6-2-1-3-7-14/h1-12,21H,20H2,(H,22,24). The van der Waals surface area contributed by atoms with E-state index >= 15 is 0 Å². The Kier molecular flexibility index (Phi) is 4.80. The van der Waals surface area contributed by atoms with Crippen LogP contribution in [0.3, 0.4) is 0 Å². The van der Waals surface area contributed by atoms with Gasteiger partial charge in [0.25, 0.3) is 11.6 Å². The summed E-state index contributed by atoms with van der Waals surface area (Å²) in [5.74, 6) is -0.463. The largest absolute Gasteiger partial charge is 0.393 e. The highest BCUT2D eigenvalue weighted by atomic mass is 16.6. The van der Waals surface area contributed by atoms with Gasteiger partial charge in [-0.15, -0.1) is 0 Å². The van der Waals surface area contributed by atoms with Crippen molar-refractivity contribution in [3.63, 3.8) is 0 Å². The number of hydrogen-bond acceptors (Lipinski definition) is 5. The molecule has 0 unspecified atom stereocenters. The van der Waals surface area contributed by atoms with Gasteiger partial charge >= 0.3 is 0 Å². The quantitative estimate of drug-likeness (QED) is 0.364. The number of nitrogens with one attached hydrogen (secondary N) is 2. The zero-order valence-electron chi connectivity index (χ0n) is 13.7. The fourth-order valence-corrected chi connectivity index (χ4v) is 2.42. The van der Waals surface area contributed by atoms with Gasteiger partial charge in [-0.1, -0.05) is 30.3 Å². The minimum Gasteiger partial charge on any atom is -0.393 e. The molecule has 26 heavy (non-hydrogen) atoms. The van der Waals surface area contributed by atoms with Crippen molar-refractivity contribution in [1.82, 2.24) is 0 Å². The van der Waals surface area contributed by atoms with Crippen LogP contribution >= 0.6 is 0 Å². The Bertz CT molecular complexity index is 958. The highest BCUT2D eigenvalue weighted by molar-refractivity contribution is 6.06. The predicted molar refractivity (Wildman–Crippen MR) is 102 cm³/mol. The molecule has 0 aliphatic rings. The van der Waals surface area contributed by atoms with E-state index in [1.807, 2.05) is 42.5 Å². The van der Waals surface area contributed by atoms with Gasteiger partial charge in [0.1, 0.15) is 5.69 Å². The van der Waals surface area contributed by atoms with Gasteiger partial charge in [0, 0.05) is 17.3 Å². The second kappa shape index (κ2) is 7.35. The lowest BCUT2D eigenvalue weighted by Crippen LogP contribution is -2.13. The summed E-state index contributed by atoms with van der Waals surface area (Å²) in [6.07, 6.45) is 0. The average molecular weight is 348 g/mol. The highest BCUT2D eigenvalue weighted by Gasteiger charge is 2.16. The molecule has 130 valence electrons. The second-order valence-electron chi connectivity index (χ2n) is 5.52. The molecule has 0 aliphatic carbocycles. The maximum atomic E-state index is 12.5. The van der Waals surface area contributed by atoms with Crippen LogP contribution < -0.4 is 16.4 Å². The van der Waals surface area contributed by atoms with Crippen LogP contribution in [0.15, 0.2) is 72.8 Å². The van der Waals surface area contributed by atoms with Gasteiger partial charge in [-0.3, -0.25) is 14.9 Å². The fourth-order valence-electron chi connectivity index (χ4n) is 2.42. The fraction of sp³-hybridized carbons (Fsp3) is 0. The first-order chi connectivity index (χ1) is 12.5. The maximum absolute atomic E-state index is 12.5. The van der Waals surface area contributed by atoms with Gasteiger partial charge in [-0.25, -0.2) is 0 Å². The van der Waals surface area contributed by atoms with Crippen molar-refractivity contribution in [2.75, 3.05) is 16.4 Å². The van der Waals surface area contributed by atoms with Crippen molar-refractivity contribution in [1.29, 1.82) is 0 Å². The molecule has 0 aromatic heterocycles. The number of nitrogens with zero attached hydrogens (tertiary/aromatic N) is 1. The van der Waals surface area contributed by atoms with Gasteiger partial charge in [-0.05, 0) is 36.4 Å². The molecule has 0 radical (unpaired) electrons. The van der Waals surface area contributed by atoms with Gasteiger partial charge in [-0.2, -0.15) is 0 Å². The molecule has 3 rings (SSSR count). The zero-order chi connectivity index (χ0) is 18.5. The van der Waals surface area contributed by atoms with E-state index in [2.05, 4.69) is 10.6 Å². The third-order valence-corrected chi connectivity index (χ3v) is 3.72. The summed E-state index contributed by atoms with van der Waals surface area (Å²) in [7, 11) is 0. The Morgan fingerprint density at radius 1 is 0.923 bits per heavy atom. The van der Waals surface area contributed by atoms with Crippen molar-refractivity contribution in [2.24, 2.45) is 0 Å². The molecular formula is C19H16N4O3. The van der Waals surface area contributed by atoms with Crippen LogP contribution in [0.25, 0.3) is 0 Å². The van der Waals surface area contributed by atoms with E-state index in [0.29, 0.717) is 11.4 Å². The number of anilines is 4. The monoisotopic (exact) mass is 348 g/mol. The van der Waals surface area contributed by atoms with Gasteiger partial charge in [0.2, 0.25) is 0 Å². The van der Waals surface area contributed by atoms with E-state index in [4.69, 9.17) is 5.73 Å². The summed E-state index contributed by atoms with van der Waals surface area (Å²) in [4.78, 5) is 22.9. The van der Waals surface area contributed by atoms with E-state index in [0.717, 1.165) is 11.8 Å². The Morgan fingerprint density at radius 2 is 1.58 bits per heavy atom. The summed E-state index contributed by atoms with van der Waals surface area (Å²) in [5.41, 5.74) is 7.57. The number of benzene rings is 3. The van der Waals surface area contributed by atoms with Crippen LogP contribution in [0, 0.1) is 10.1 Å². The molecule has 0 spiro atoms. The van der Waals surface area contributed by atoms with E-state index in [1.54, 1.807) is 12.1 Å². The Balaban J connectivity index is 1.84. The van der Waals surface area contributed by atoms with E-state index in [-0.39, 0.29) is 16.9 Å². The van der Waals surface area contributed by atoms with Crippen LogP contribution in [0.2, 0.25) is 0 Å². The molecule has 4 N–H and O–H groups in total. The third-order valence-electron chi connectivity index (χ3n) is 3.72. The number of rotatable bonds is 5. The normalized spacial score (nSPS) is 10.2. The molecule has 0 saturated heterocycles. The third kappa shape index (κ3) is 3.78. The number of nitrogen functional groups attached to an aromatic ring is 1. The summed E-state index contributed by atoms with van der Waals surface area (Å²) < 4.78 is 0. The summed E-state index contributed by atoms with van der Waals surface area (Å²) in [5, 5.41) is 17.0. The molecule has 7 heteroatoms. The average Bonchev–Trinajstić information content (AvgIpc) is 2.64. The number of nitrogens with two attached hydrogens (primary N) is 1. The first-order valence-electron chi connectivity index (χ1n) is 7.81. The summed E-state index contributed by atoms with van der Waals surface area (Å²) >= 11 is 0. The lowest BCUT2D eigenvalue weighted by atomic mass is 10.1. The van der Waals surface area contributed by atoms with Crippen molar-refractivity contribution in [3.8, 4) is 0 Å². The number of hydrogen-bond donors (Lipinski definition) is 3. The predicted octanol–water partition coefficient (Wildman–Crippen LogP) is 4.17. The SMILES string of the molecule is Nc1ccc(C(=O)Nc2ccccc2Nc2ccccc2)cc1[N+](=O)[O-]. The maximum Gasteiger partial charge on any atom is 0.292 e. The van der Waals surface area contributed by atoms with Gasteiger partial charge < -0.3 is 16.4 Å². The number of amides is 1. The van der Waals surface area contributed by atoms with E-state index in [9.17, 15) is 14.9 Å². The molecule has 3 aromatic rings. The number of carbonyl (C=O) groups excluding carboxylic acids is 1. The highest BCUT2D eigenvalue weighted by Crippen LogP contribution is 2.27. The van der Waals surface area contributed by atoms with Crippen molar-refractivity contribution < 1.29 is 9.72 Å². The lowest BCUT2D eigenvalue weighted by molar-refractivity contribution is -0.383. The van der Waals surface area contributed by atoms with Crippen molar-refractivity contribution in [2.45, 2.75) is 0 Å². The smallest absolute Gasteiger partial charge is 0.292 e. The molecule has 3 aromatic carbocycles. The number of carbonyl (C=O) groups is 1. The summed E-state index contributed by atoms with van der Waals surface area (Å²) in [6.45, 7) is 0. The molecule has 0 fully saturated rings. The molecule has 0 saturated carbocycles. The summed E-state index contributed by atoms with van der Waals surface area (Å²) in [6, 6.07) is 20.7. The second-order valence-corrected chi connectivity index (χ2v) is 5.52. The molecule has 0 atom stereocenters. The lowest BCUT2D eigenvalue weighted by Gasteiger charge is -2.13. The number of para-hydroxylation sites is 3. The molecule has 0 aliphatic heterocycles. The van der Waals surface area contributed by atoms with Gasteiger partial charge in [0.15, 0.2) is 0 Å². The van der Waals surface area contributed by atoms with E-state index in [1.165, 1.54) is 12.1 Å². The minimum atomic E-state index is -0.614. The zero-order valence-corrected chi connectivity index (χ0v) is 13.7. The number of nitro benzene ring substituents is 1.